The molecular formula is C14H21FN2O2. The van der Waals surface area contributed by atoms with Crippen LogP contribution in [-0.4, -0.2) is 50.0 Å². The maximum Gasteiger partial charge on any atom is 0.120 e. The van der Waals surface area contributed by atoms with Crippen molar-refractivity contribution in [3.05, 3.63) is 23.8 Å². The standard InChI is InChI=1S/C14H21FN2O2/c1-19-11-2-3-14(18)12(10-11)13(4-5-15)17-8-6-16-7-9-17/h2-3,10,13,16,18H,4-9H2,1H3/t13-/m0/s1. The molecule has 2 rings (SSSR count). The molecule has 0 aromatic heterocycles. The van der Waals surface area contributed by atoms with Crippen molar-refractivity contribution in [2.75, 3.05) is 40.0 Å². The fraction of sp³-hybridized carbons (Fsp3) is 0.571. The van der Waals surface area contributed by atoms with Crippen molar-refractivity contribution >= 4 is 0 Å². The van der Waals surface area contributed by atoms with E-state index in [1.54, 1.807) is 25.3 Å². The number of alkyl halides is 1. The molecule has 0 bridgehead atoms. The van der Waals surface area contributed by atoms with Crippen LogP contribution < -0.4 is 10.1 Å². The van der Waals surface area contributed by atoms with Gasteiger partial charge in [-0.1, -0.05) is 0 Å². The average molecular weight is 268 g/mol. The van der Waals surface area contributed by atoms with Crippen molar-refractivity contribution in [1.82, 2.24) is 10.2 Å². The Bertz CT molecular complexity index is 408. The molecule has 0 radical (unpaired) electrons. The SMILES string of the molecule is COc1ccc(O)c([C@H](CCF)N2CCNCC2)c1. The first-order chi connectivity index (χ1) is 9.26. The minimum Gasteiger partial charge on any atom is -0.508 e. The van der Waals surface area contributed by atoms with Gasteiger partial charge in [0.1, 0.15) is 11.5 Å². The number of hydrogen-bond donors (Lipinski definition) is 2. The highest BCUT2D eigenvalue weighted by molar-refractivity contribution is 5.41. The number of hydrogen-bond acceptors (Lipinski definition) is 4. The summed E-state index contributed by atoms with van der Waals surface area (Å²) in [4.78, 5) is 2.21. The van der Waals surface area contributed by atoms with E-state index in [-0.39, 0.29) is 11.8 Å². The summed E-state index contributed by atoms with van der Waals surface area (Å²) in [5.74, 6) is 0.893. The number of benzene rings is 1. The molecule has 5 heteroatoms. The highest BCUT2D eigenvalue weighted by Crippen LogP contribution is 2.34. The molecule has 1 aromatic carbocycles. The van der Waals surface area contributed by atoms with Crippen LogP contribution in [0, 0.1) is 0 Å². The third-order valence-electron chi connectivity index (χ3n) is 3.57. The van der Waals surface area contributed by atoms with Crippen LogP contribution in [0.4, 0.5) is 4.39 Å². The quantitative estimate of drug-likeness (QED) is 0.853. The zero-order valence-electron chi connectivity index (χ0n) is 11.2. The normalized spacial score (nSPS) is 18.2. The molecule has 19 heavy (non-hydrogen) atoms. The van der Waals surface area contributed by atoms with Gasteiger partial charge in [0.25, 0.3) is 0 Å². The van der Waals surface area contributed by atoms with Crippen molar-refractivity contribution in [2.45, 2.75) is 12.5 Å². The molecule has 0 spiro atoms. The van der Waals surface area contributed by atoms with Crippen molar-refractivity contribution < 1.29 is 14.2 Å². The number of nitrogens with one attached hydrogen (secondary N) is 1. The van der Waals surface area contributed by atoms with E-state index in [0.29, 0.717) is 12.2 Å². The number of rotatable bonds is 5. The number of ether oxygens (including phenoxy) is 1. The fourth-order valence-electron chi connectivity index (χ4n) is 2.56. The number of nitrogens with zero attached hydrogens (tertiary/aromatic N) is 1. The molecule has 1 saturated heterocycles. The zero-order chi connectivity index (χ0) is 13.7. The van der Waals surface area contributed by atoms with Gasteiger partial charge in [0.05, 0.1) is 13.8 Å². The predicted molar refractivity (Wildman–Crippen MR) is 72.4 cm³/mol. The molecule has 106 valence electrons. The molecule has 1 fully saturated rings. The summed E-state index contributed by atoms with van der Waals surface area (Å²) >= 11 is 0. The van der Waals surface area contributed by atoms with Crippen molar-refractivity contribution in [3.63, 3.8) is 0 Å². The highest BCUT2D eigenvalue weighted by Gasteiger charge is 2.24. The summed E-state index contributed by atoms with van der Waals surface area (Å²) in [6.45, 7) is 3.12. The van der Waals surface area contributed by atoms with Gasteiger partial charge in [-0.15, -0.1) is 0 Å². The average Bonchev–Trinajstić information content (AvgIpc) is 2.47. The van der Waals surface area contributed by atoms with E-state index in [9.17, 15) is 9.50 Å². The van der Waals surface area contributed by atoms with Crippen molar-refractivity contribution in [3.8, 4) is 11.5 Å². The Morgan fingerprint density at radius 2 is 2.16 bits per heavy atom. The van der Waals surface area contributed by atoms with Crippen LogP contribution in [0.5, 0.6) is 11.5 Å². The first kappa shape index (κ1) is 14.1. The highest BCUT2D eigenvalue weighted by atomic mass is 19.1. The molecule has 1 aliphatic heterocycles. The van der Waals surface area contributed by atoms with E-state index >= 15 is 0 Å². The zero-order valence-corrected chi connectivity index (χ0v) is 11.2. The maximum atomic E-state index is 12.8. The fourth-order valence-corrected chi connectivity index (χ4v) is 2.56. The summed E-state index contributed by atoms with van der Waals surface area (Å²) in [5, 5.41) is 13.3. The summed E-state index contributed by atoms with van der Waals surface area (Å²) in [6, 6.07) is 5.03. The molecular weight excluding hydrogens is 247 g/mol. The molecule has 1 heterocycles. The molecule has 1 aliphatic rings. The Morgan fingerprint density at radius 1 is 1.42 bits per heavy atom. The van der Waals surface area contributed by atoms with Crippen LogP contribution in [0.3, 0.4) is 0 Å². The molecule has 0 saturated carbocycles. The van der Waals surface area contributed by atoms with Gasteiger partial charge in [-0.25, -0.2) is 0 Å². The topological polar surface area (TPSA) is 44.7 Å². The first-order valence-corrected chi connectivity index (χ1v) is 6.64. The van der Waals surface area contributed by atoms with E-state index in [1.807, 2.05) is 0 Å². The van der Waals surface area contributed by atoms with Gasteiger partial charge in [0, 0.05) is 37.8 Å². The van der Waals surface area contributed by atoms with Gasteiger partial charge in [0.2, 0.25) is 0 Å². The van der Waals surface area contributed by atoms with Gasteiger partial charge in [-0.3, -0.25) is 9.29 Å². The van der Waals surface area contributed by atoms with E-state index < -0.39 is 6.67 Å². The summed E-state index contributed by atoms with van der Waals surface area (Å²) in [7, 11) is 1.59. The number of piperazine rings is 1. The Kier molecular flexibility index (Phi) is 4.99. The predicted octanol–water partition coefficient (Wildman–Crippen LogP) is 1.71. The van der Waals surface area contributed by atoms with Gasteiger partial charge in [-0.05, 0) is 24.6 Å². The van der Waals surface area contributed by atoms with Crippen LogP contribution in [0.2, 0.25) is 0 Å². The third-order valence-corrected chi connectivity index (χ3v) is 3.57. The summed E-state index contributed by atoms with van der Waals surface area (Å²) < 4.78 is 18.0. The van der Waals surface area contributed by atoms with E-state index in [1.165, 1.54) is 0 Å². The van der Waals surface area contributed by atoms with Crippen LogP contribution in [0.15, 0.2) is 18.2 Å². The molecule has 1 atom stereocenters. The summed E-state index contributed by atoms with van der Waals surface area (Å²) in [5.41, 5.74) is 0.749. The smallest absolute Gasteiger partial charge is 0.120 e. The maximum absolute atomic E-state index is 12.8. The van der Waals surface area contributed by atoms with Gasteiger partial charge >= 0.3 is 0 Å². The van der Waals surface area contributed by atoms with Crippen molar-refractivity contribution in [2.24, 2.45) is 0 Å². The lowest BCUT2D eigenvalue weighted by molar-refractivity contribution is 0.155. The molecule has 1 aromatic rings. The van der Waals surface area contributed by atoms with Crippen LogP contribution >= 0.6 is 0 Å². The minimum atomic E-state index is -0.398. The van der Waals surface area contributed by atoms with Gasteiger partial charge in [-0.2, -0.15) is 0 Å². The van der Waals surface area contributed by atoms with Crippen LogP contribution in [0.1, 0.15) is 18.0 Å². The molecule has 0 amide bonds. The minimum absolute atomic E-state index is 0.0952. The second-order valence-electron chi connectivity index (χ2n) is 4.70. The Morgan fingerprint density at radius 3 is 2.79 bits per heavy atom. The van der Waals surface area contributed by atoms with Crippen LogP contribution in [0.25, 0.3) is 0 Å². The van der Waals surface area contributed by atoms with E-state index in [2.05, 4.69) is 10.2 Å². The van der Waals surface area contributed by atoms with E-state index in [0.717, 1.165) is 31.7 Å². The second kappa shape index (κ2) is 6.73. The first-order valence-electron chi connectivity index (χ1n) is 6.64. The number of methoxy groups -OCH3 is 1. The largest absolute Gasteiger partial charge is 0.508 e. The number of aromatic hydroxyl groups is 1. The van der Waals surface area contributed by atoms with Gasteiger partial charge in [0.15, 0.2) is 0 Å². The number of halogens is 1. The Balaban J connectivity index is 2.26. The molecule has 2 N–H and O–H groups in total. The lowest BCUT2D eigenvalue weighted by atomic mass is 10.00. The number of phenolic OH excluding ortho intramolecular Hbond substituents is 1. The van der Waals surface area contributed by atoms with Crippen LogP contribution in [-0.2, 0) is 0 Å². The molecule has 0 unspecified atom stereocenters. The monoisotopic (exact) mass is 268 g/mol. The lowest BCUT2D eigenvalue weighted by Crippen LogP contribution is -2.45. The number of phenols is 1. The molecule has 0 aliphatic carbocycles. The Hall–Kier alpha value is -1.33. The van der Waals surface area contributed by atoms with Gasteiger partial charge < -0.3 is 15.2 Å². The molecule has 4 nitrogen and oxygen atoms in total. The van der Waals surface area contributed by atoms with Crippen molar-refractivity contribution in [1.29, 1.82) is 0 Å². The Labute approximate surface area is 113 Å². The third kappa shape index (κ3) is 3.36. The van der Waals surface area contributed by atoms with E-state index in [4.69, 9.17) is 4.74 Å². The summed E-state index contributed by atoms with van der Waals surface area (Å²) in [6.07, 6.45) is 0.390. The second-order valence-corrected chi connectivity index (χ2v) is 4.70. The lowest BCUT2D eigenvalue weighted by Gasteiger charge is -2.35.